The Kier molecular flexibility index (Phi) is 6.43. The molecule has 1 aliphatic rings. The van der Waals surface area contributed by atoms with Crippen molar-refractivity contribution in [3.8, 4) is 22.9 Å². The van der Waals surface area contributed by atoms with Crippen LogP contribution in [0.3, 0.4) is 0 Å². The van der Waals surface area contributed by atoms with E-state index < -0.39 is 0 Å². The molecular formula is C27H26N6O2. The second kappa shape index (κ2) is 9.97. The van der Waals surface area contributed by atoms with Crippen LogP contribution >= 0.6 is 0 Å². The first-order valence-corrected chi connectivity index (χ1v) is 11.7. The van der Waals surface area contributed by atoms with Gasteiger partial charge in [0.25, 0.3) is 5.91 Å². The summed E-state index contributed by atoms with van der Waals surface area (Å²) in [5.41, 5.74) is 3.72. The van der Waals surface area contributed by atoms with Crippen LogP contribution < -0.4 is 4.74 Å². The fourth-order valence-corrected chi connectivity index (χ4v) is 4.26. The van der Waals surface area contributed by atoms with Crippen LogP contribution in [0.25, 0.3) is 11.3 Å². The number of nitrogens with zero attached hydrogens (tertiary/aromatic N) is 6. The van der Waals surface area contributed by atoms with Crippen molar-refractivity contribution >= 4 is 5.91 Å². The van der Waals surface area contributed by atoms with E-state index in [2.05, 4.69) is 19.9 Å². The van der Waals surface area contributed by atoms with Crippen LogP contribution in [0.15, 0.2) is 67.3 Å². The zero-order valence-corrected chi connectivity index (χ0v) is 19.8. The zero-order valence-electron chi connectivity index (χ0n) is 19.8. The van der Waals surface area contributed by atoms with E-state index in [-0.39, 0.29) is 11.8 Å². The van der Waals surface area contributed by atoms with Crippen molar-refractivity contribution in [3.63, 3.8) is 0 Å². The summed E-state index contributed by atoms with van der Waals surface area (Å²) < 4.78 is 6.07. The number of amides is 1. The minimum absolute atomic E-state index is 0.0255. The van der Waals surface area contributed by atoms with Crippen molar-refractivity contribution in [2.75, 3.05) is 13.1 Å². The van der Waals surface area contributed by atoms with Gasteiger partial charge in [0.1, 0.15) is 23.6 Å². The van der Waals surface area contributed by atoms with Crippen LogP contribution in [-0.4, -0.2) is 48.8 Å². The van der Waals surface area contributed by atoms with Crippen LogP contribution in [0.2, 0.25) is 0 Å². The van der Waals surface area contributed by atoms with Gasteiger partial charge in [-0.2, -0.15) is 4.98 Å². The van der Waals surface area contributed by atoms with E-state index in [9.17, 15) is 4.79 Å². The molecule has 0 aliphatic carbocycles. The molecule has 4 heterocycles. The number of aryl methyl sites for hydroxylation is 2. The molecule has 1 atom stereocenters. The molecule has 3 aromatic heterocycles. The molecule has 4 aromatic rings. The van der Waals surface area contributed by atoms with Gasteiger partial charge in [-0.1, -0.05) is 24.3 Å². The van der Waals surface area contributed by atoms with Gasteiger partial charge in [0.05, 0.1) is 5.69 Å². The molecule has 1 saturated heterocycles. The number of carbonyl (C=O) groups excluding carboxylic acids is 1. The second-order valence-electron chi connectivity index (χ2n) is 8.70. The normalized spacial score (nSPS) is 15.6. The van der Waals surface area contributed by atoms with Crippen LogP contribution in [0.4, 0.5) is 0 Å². The summed E-state index contributed by atoms with van der Waals surface area (Å²) in [7, 11) is 0. The van der Waals surface area contributed by atoms with Gasteiger partial charge >= 0.3 is 0 Å². The number of carbonyl (C=O) groups is 1. The summed E-state index contributed by atoms with van der Waals surface area (Å²) in [5.74, 6) is 1.92. The minimum atomic E-state index is -0.0996. The largest absolute Gasteiger partial charge is 0.439 e. The third-order valence-electron chi connectivity index (χ3n) is 6.05. The van der Waals surface area contributed by atoms with Crippen LogP contribution in [0.5, 0.6) is 11.6 Å². The molecule has 176 valence electrons. The summed E-state index contributed by atoms with van der Waals surface area (Å²) >= 11 is 0. The number of ether oxygens (including phenoxy) is 1. The molecule has 0 radical (unpaired) electrons. The number of piperidine rings is 1. The maximum atomic E-state index is 13.3. The van der Waals surface area contributed by atoms with Crippen molar-refractivity contribution in [2.24, 2.45) is 0 Å². The van der Waals surface area contributed by atoms with Crippen molar-refractivity contribution in [3.05, 3.63) is 90.0 Å². The van der Waals surface area contributed by atoms with Crippen molar-refractivity contribution in [1.82, 2.24) is 29.8 Å². The van der Waals surface area contributed by atoms with Gasteiger partial charge < -0.3 is 9.64 Å². The van der Waals surface area contributed by atoms with E-state index >= 15 is 0 Å². The number of pyridine rings is 1. The first kappa shape index (κ1) is 22.6. The van der Waals surface area contributed by atoms with Gasteiger partial charge in [0, 0.05) is 48.7 Å². The quantitative estimate of drug-likeness (QED) is 0.419. The predicted octanol–water partition coefficient (Wildman–Crippen LogP) is 4.76. The lowest BCUT2D eigenvalue weighted by molar-refractivity contribution is 0.0698. The predicted molar refractivity (Wildman–Crippen MR) is 131 cm³/mol. The number of para-hydroxylation sites is 1. The zero-order chi connectivity index (χ0) is 24.2. The Bertz CT molecular complexity index is 1340. The maximum Gasteiger partial charge on any atom is 0.272 e. The van der Waals surface area contributed by atoms with Gasteiger partial charge in [0.2, 0.25) is 5.88 Å². The molecule has 1 aliphatic heterocycles. The van der Waals surface area contributed by atoms with E-state index in [0.717, 1.165) is 35.4 Å². The Morgan fingerprint density at radius 3 is 2.66 bits per heavy atom. The van der Waals surface area contributed by atoms with Gasteiger partial charge in [-0.05, 0) is 50.5 Å². The van der Waals surface area contributed by atoms with Gasteiger partial charge in [0.15, 0.2) is 0 Å². The van der Waals surface area contributed by atoms with E-state index in [1.165, 1.54) is 6.33 Å². The molecule has 0 N–H and O–H groups in total. The summed E-state index contributed by atoms with van der Waals surface area (Å²) in [5, 5.41) is 0. The van der Waals surface area contributed by atoms with E-state index in [1.54, 1.807) is 18.5 Å². The molecule has 0 bridgehead atoms. The Morgan fingerprint density at radius 2 is 1.83 bits per heavy atom. The molecule has 0 spiro atoms. The minimum Gasteiger partial charge on any atom is -0.439 e. The highest BCUT2D eigenvalue weighted by Crippen LogP contribution is 2.29. The summed E-state index contributed by atoms with van der Waals surface area (Å²) in [6.45, 7) is 5.15. The number of hydrogen-bond donors (Lipinski definition) is 0. The number of benzene rings is 1. The molecular weight excluding hydrogens is 440 g/mol. The van der Waals surface area contributed by atoms with E-state index in [1.807, 2.05) is 61.2 Å². The van der Waals surface area contributed by atoms with Gasteiger partial charge in [-0.15, -0.1) is 0 Å². The third kappa shape index (κ3) is 5.16. The van der Waals surface area contributed by atoms with Gasteiger partial charge in [-0.25, -0.2) is 19.9 Å². The number of likely N-dealkylation sites (tertiary alicyclic amines) is 1. The highest BCUT2D eigenvalue weighted by molar-refractivity contribution is 5.93. The summed E-state index contributed by atoms with van der Waals surface area (Å²) in [6, 6.07) is 15.1. The van der Waals surface area contributed by atoms with Crippen LogP contribution in [-0.2, 0) is 0 Å². The fourth-order valence-electron chi connectivity index (χ4n) is 4.26. The number of hydrogen-bond acceptors (Lipinski definition) is 7. The molecule has 1 aromatic carbocycles. The highest BCUT2D eigenvalue weighted by Gasteiger charge is 2.28. The van der Waals surface area contributed by atoms with Crippen LogP contribution in [0.1, 0.15) is 46.3 Å². The van der Waals surface area contributed by atoms with Crippen molar-refractivity contribution in [2.45, 2.75) is 32.6 Å². The molecule has 0 saturated carbocycles. The molecule has 5 rings (SSSR count). The SMILES string of the molecule is Cc1cc(Oc2ccccc2C)nc([C@@H]2CCCN(C(=O)c3cccc(-c4cncnc4)n3)C2)n1. The number of aromatic nitrogens is 5. The summed E-state index contributed by atoms with van der Waals surface area (Å²) in [4.78, 5) is 37.2. The summed E-state index contributed by atoms with van der Waals surface area (Å²) in [6.07, 6.45) is 6.62. The van der Waals surface area contributed by atoms with E-state index in [0.29, 0.717) is 36.2 Å². The lowest BCUT2D eigenvalue weighted by Crippen LogP contribution is -2.40. The molecule has 1 fully saturated rings. The van der Waals surface area contributed by atoms with Crippen molar-refractivity contribution in [1.29, 1.82) is 0 Å². The average molecular weight is 467 g/mol. The topological polar surface area (TPSA) is 94.0 Å². The molecule has 1 amide bonds. The van der Waals surface area contributed by atoms with Crippen molar-refractivity contribution < 1.29 is 9.53 Å². The third-order valence-corrected chi connectivity index (χ3v) is 6.05. The molecule has 35 heavy (non-hydrogen) atoms. The van der Waals surface area contributed by atoms with Crippen LogP contribution in [0, 0.1) is 13.8 Å². The van der Waals surface area contributed by atoms with E-state index in [4.69, 9.17) is 9.72 Å². The Balaban J connectivity index is 1.34. The first-order valence-electron chi connectivity index (χ1n) is 11.7. The molecule has 8 heteroatoms. The Labute approximate surface area is 204 Å². The van der Waals surface area contributed by atoms with Gasteiger partial charge in [-0.3, -0.25) is 4.79 Å². The Hall–Kier alpha value is -4.20. The number of rotatable bonds is 5. The lowest BCUT2D eigenvalue weighted by Gasteiger charge is -2.32. The molecule has 0 unspecified atom stereocenters. The first-order chi connectivity index (χ1) is 17.1. The monoisotopic (exact) mass is 466 g/mol. The Morgan fingerprint density at radius 1 is 1.00 bits per heavy atom. The highest BCUT2D eigenvalue weighted by atomic mass is 16.5. The average Bonchev–Trinajstić information content (AvgIpc) is 2.90. The standard InChI is InChI=1S/C27H26N6O2/c1-18-7-3-4-11-24(18)35-25-13-19(2)30-26(32-25)20-8-6-12-33(16-20)27(34)23-10-5-9-22(31-23)21-14-28-17-29-15-21/h3-5,7,9-11,13-15,17,20H,6,8,12,16H2,1-2H3/t20-/m1/s1. The fraction of sp³-hybridized carbons (Fsp3) is 0.259. The smallest absolute Gasteiger partial charge is 0.272 e. The molecule has 8 nitrogen and oxygen atoms in total. The lowest BCUT2D eigenvalue weighted by atomic mass is 9.96. The maximum absolute atomic E-state index is 13.3. The second-order valence-corrected chi connectivity index (χ2v) is 8.70.